The number of carbonyl (C=O) groups is 1. The minimum absolute atomic E-state index is 0.133. The lowest BCUT2D eigenvalue weighted by Gasteiger charge is -2.37. The molecule has 110 valence electrons. The van der Waals surface area contributed by atoms with Crippen LogP contribution < -0.4 is 5.32 Å². The van der Waals surface area contributed by atoms with E-state index in [0.29, 0.717) is 18.6 Å². The van der Waals surface area contributed by atoms with E-state index < -0.39 is 0 Å². The lowest BCUT2D eigenvalue weighted by molar-refractivity contribution is 0.0764. The van der Waals surface area contributed by atoms with Gasteiger partial charge < -0.3 is 15.0 Å². The van der Waals surface area contributed by atoms with Crippen LogP contribution in [0.1, 0.15) is 46.0 Å². The highest BCUT2D eigenvalue weighted by atomic mass is 16.6. The van der Waals surface area contributed by atoms with Crippen LogP contribution in [-0.2, 0) is 4.74 Å². The summed E-state index contributed by atoms with van der Waals surface area (Å²) in [4.78, 5) is 13.9. The standard InChI is InChI=1S/C15H28N2O2/c1-3-7-16-14-9-13(8-12-5-6-12)10-17(11-14)15(18)19-4-2/h12-14,16H,3-11H2,1-2H3. The first kappa shape index (κ1) is 14.6. The van der Waals surface area contributed by atoms with Crippen molar-refractivity contribution in [2.24, 2.45) is 11.8 Å². The highest BCUT2D eigenvalue weighted by Gasteiger charge is 2.34. The second-order valence-electron chi connectivity index (χ2n) is 6.04. The number of nitrogens with one attached hydrogen (secondary N) is 1. The van der Waals surface area contributed by atoms with Gasteiger partial charge in [0.15, 0.2) is 0 Å². The van der Waals surface area contributed by atoms with E-state index in [-0.39, 0.29) is 6.09 Å². The highest BCUT2D eigenvalue weighted by Crippen LogP contribution is 2.37. The van der Waals surface area contributed by atoms with Crippen LogP contribution in [-0.4, -0.2) is 43.3 Å². The molecule has 2 aliphatic rings. The maximum Gasteiger partial charge on any atom is 0.409 e. The molecule has 1 amide bonds. The van der Waals surface area contributed by atoms with Gasteiger partial charge in [-0.05, 0) is 44.6 Å². The molecule has 4 nitrogen and oxygen atoms in total. The Balaban J connectivity index is 1.87. The molecule has 0 aromatic rings. The first-order valence-corrected chi connectivity index (χ1v) is 7.88. The normalized spacial score (nSPS) is 27.4. The van der Waals surface area contributed by atoms with Crippen LogP contribution in [0, 0.1) is 11.8 Å². The fraction of sp³-hybridized carbons (Fsp3) is 0.933. The third kappa shape index (κ3) is 4.68. The molecule has 1 N–H and O–H groups in total. The van der Waals surface area contributed by atoms with Gasteiger partial charge in [0, 0.05) is 19.1 Å². The van der Waals surface area contributed by atoms with Crippen molar-refractivity contribution >= 4 is 6.09 Å². The van der Waals surface area contributed by atoms with Crippen LogP contribution >= 0.6 is 0 Å². The number of amides is 1. The third-order valence-electron chi connectivity index (χ3n) is 4.11. The van der Waals surface area contributed by atoms with Gasteiger partial charge in [0.2, 0.25) is 0 Å². The number of ether oxygens (including phenoxy) is 1. The fourth-order valence-corrected chi connectivity index (χ4v) is 3.06. The molecule has 0 spiro atoms. The van der Waals surface area contributed by atoms with E-state index in [0.717, 1.165) is 32.0 Å². The first-order chi connectivity index (χ1) is 9.22. The summed E-state index contributed by atoms with van der Waals surface area (Å²) in [7, 11) is 0. The molecule has 0 bridgehead atoms. The van der Waals surface area contributed by atoms with E-state index in [1.54, 1.807) is 0 Å². The van der Waals surface area contributed by atoms with Crippen molar-refractivity contribution in [3.05, 3.63) is 0 Å². The van der Waals surface area contributed by atoms with Crippen molar-refractivity contribution < 1.29 is 9.53 Å². The third-order valence-corrected chi connectivity index (χ3v) is 4.11. The van der Waals surface area contributed by atoms with Crippen LogP contribution in [0.25, 0.3) is 0 Å². The van der Waals surface area contributed by atoms with Crippen LogP contribution in [0.5, 0.6) is 0 Å². The van der Waals surface area contributed by atoms with Crippen LogP contribution in [0.4, 0.5) is 4.79 Å². The van der Waals surface area contributed by atoms with Gasteiger partial charge in [0.25, 0.3) is 0 Å². The van der Waals surface area contributed by atoms with E-state index in [4.69, 9.17) is 4.74 Å². The number of hydrogen-bond acceptors (Lipinski definition) is 3. The molecule has 1 saturated heterocycles. The number of hydrogen-bond donors (Lipinski definition) is 1. The van der Waals surface area contributed by atoms with Crippen molar-refractivity contribution in [1.82, 2.24) is 10.2 Å². The summed E-state index contributed by atoms with van der Waals surface area (Å²) >= 11 is 0. The summed E-state index contributed by atoms with van der Waals surface area (Å²) in [6.45, 7) is 7.25. The average molecular weight is 268 g/mol. The van der Waals surface area contributed by atoms with E-state index in [9.17, 15) is 4.79 Å². The van der Waals surface area contributed by atoms with E-state index in [1.807, 2.05) is 11.8 Å². The molecule has 2 atom stereocenters. The molecule has 19 heavy (non-hydrogen) atoms. The topological polar surface area (TPSA) is 41.6 Å². The minimum atomic E-state index is -0.133. The van der Waals surface area contributed by atoms with Crippen LogP contribution in [0.15, 0.2) is 0 Å². The molecular formula is C15H28N2O2. The minimum Gasteiger partial charge on any atom is -0.450 e. The Labute approximate surface area is 116 Å². The van der Waals surface area contributed by atoms with Crippen LogP contribution in [0.2, 0.25) is 0 Å². The Bertz CT molecular complexity index is 292. The van der Waals surface area contributed by atoms with Crippen molar-refractivity contribution in [1.29, 1.82) is 0 Å². The highest BCUT2D eigenvalue weighted by molar-refractivity contribution is 5.67. The SMILES string of the molecule is CCCNC1CC(CC2CC2)CN(C(=O)OCC)C1. The Hall–Kier alpha value is -0.770. The predicted octanol–water partition coefficient (Wildman–Crippen LogP) is 2.63. The lowest BCUT2D eigenvalue weighted by Crippen LogP contribution is -2.51. The van der Waals surface area contributed by atoms with Gasteiger partial charge in [-0.1, -0.05) is 19.8 Å². The Morgan fingerprint density at radius 1 is 1.26 bits per heavy atom. The molecule has 1 saturated carbocycles. The summed E-state index contributed by atoms with van der Waals surface area (Å²) in [6.07, 6.45) is 6.30. The predicted molar refractivity (Wildman–Crippen MR) is 76.1 cm³/mol. The van der Waals surface area contributed by atoms with Crippen molar-refractivity contribution in [3.63, 3.8) is 0 Å². The van der Waals surface area contributed by atoms with Gasteiger partial charge in [-0.15, -0.1) is 0 Å². The zero-order chi connectivity index (χ0) is 13.7. The fourth-order valence-electron chi connectivity index (χ4n) is 3.06. The lowest BCUT2D eigenvalue weighted by atomic mass is 9.90. The molecule has 1 heterocycles. The van der Waals surface area contributed by atoms with Gasteiger partial charge >= 0.3 is 6.09 Å². The summed E-state index contributed by atoms with van der Waals surface area (Å²) in [5, 5.41) is 3.57. The molecule has 0 aromatic heterocycles. The van der Waals surface area contributed by atoms with Gasteiger partial charge in [0.1, 0.15) is 0 Å². The van der Waals surface area contributed by atoms with Gasteiger partial charge in [-0.2, -0.15) is 0 Å². The molecular weight excluding hydrogens is 240 g/mol. The zero-order valence-electron chi connectivity index (χ0n) is 12.4. The Morgan fingerprint density at radius 2 is 2.05 bits per heavy atom. The number of rotatable bonds is 6. The zero-order valence-corrected chi connectivity index (χ0v) is 12.4. The molecule has 2 fully saturated rings. The average Bonchev–Trinajstić information content (AvgIpc) is 3.20. The number of likely N-dealkylation sites (tertiary alicyclic amines) is 1. The van der Waals surface area contributed by atoms with E-state index in [2.05, 4.69) is 12.2 Å². The molecule has 0 aromatic carbocycles. The van der Waals surface area contributed by atoms with E-state index >= 15 is 0 Å². The molecule has 4 heteroatoms. The second kappa shape index (κ2) is 7.13. The molecule has 2 unspecified atom stereocenters. The summed E-state index contributed by atoms with van der Waals surface area (Å²) in [5.74, 6) is 1.58. The quantitative estimate of drug-likeness (QED) is 0.805. The number of nitrogens with zero attached hydrogens (tertiary/aromatic N) is 1. The smallest absolute Gasteiger partial charge is 0.409 e. The Kier molecular flexibility index (Phi) is 5.49. The maximum atomic E-state index is 11.9. The van der Waals surface area contributed by atoms with Crippen molar-refractivity contribution in [2.75, 3.05) is 26.2 Å². The van der Waals surface area contributed by atoms with Gasteiger partial charge in [0.05, 0.1) is 6.61 Å². The summed E-state index contributed by atoms with van der Waals surface area (Å²) < 4.78 is 5.16. The van der Waals surface area contributed by atoms with Crippen LogP contribution in [0.3, 0.4) is 0 Å². The van der Waals surface area contributed by atoms with E-state index in [1.165, 1.54) is 25.7 Å². The molecule has 0 radical (unpaired) electrons. The maximum absolute atomic E-state index is 11.9. The summed E-state index contributed by atoms with van der Waals surface area (Å²) in [5.41, 5.74) is 0. The number of carbonyl (C=O) groups excluding carboxylic acids is 1. The molecule has 2 rings (SSSR count). The van der Waals surface area contributed by atoms with Gasteiger partial charge in [-0.3, -0.25) is 0 Å². The summed E-state index contributed by atoms with van der Waals surface area (Å²) in [6, 6.07) is 0.446. The molecule has 1 aliphatic heterocycles. The largest absolute Gasteiger partial charge is 0.450 e. The monoisotopic (exact) mass is 268 g/mol. The van der Waals surface area contributed by atoms with Crippen molar-refractivity contribution in [2.45, 2.75) is 52.0 Å². The first-order valence-electron chi connectivity index (χ1n) is 7.88. The van der Waals surface area contributed by atoms with Crippen molar-refractivity contribution in [3.8, 4) is 0 Å². The second-order valence-corrected chi connectivity index (χ2v) is 6.04. The van der Waals surface area contributed by atoms with Gasteiger partial charge in [-0.25, -0.2) is 4.79 Å². The number of piperidine rings is 1. The Morgan fingerprint density at radius 3 is 2.68 bits per heavy atom. The molecule has 1 aliphatic carbocycles.